The third-order valence-corrected chi connectivity index (χ3v) is 4.91. The molecule has 0 saturated heterocycles. The van der Waals surface area contributed by atoms with Gasteiger partial charge in [-0.15, -0.1) is 0 Å². The van der Waals surface area contributed by atoms with Gasteiger partial charge >= 0.3 is 6.03 Å². The zero-order valence-electron chi connectivity index (χ0n) is 15.2. The van der Waals surface area contributed by atoms with E-state index in [4.69, 9.17) is 4.74 Å². The SMILES string of the molecule is COc1ccc(C(C)(C)CNC(=O)N2CCCc3ccccc32)cc1. The Morgan fingerprint density at radius 1 is 1.16 bits per heavy atom. The van der Waals surface area contributed by atoms with E-state index in [2.05, 4.69) is 37.4 Å². The summed E-state index contributed by atoms with van der Waals surface area (Å²) < 4.78 is 5.22. The van der Waals surface area contributed by atoms with Gasteiger partial charge in [0.05, 0.1) is 7.11 Å². The van der Waals surface area contributed by atoms with E-state index >= 15 is 0 Å². The second-order valence-corrected chi connectivity index (χ2v) is 7.15. The van der Waals surface area contributed by atoms with Crippen LogP contribution in [0.1, 0.15) is 31.4 Å². The third kappa shape index (κ3) is 3.78. The molecule has 1 aliphatic heterocycles. The summed E-state index contributed by atoms with van der Waals surface area (Å²) >= 11 is 0. The van der Waals surface area contributed by atoms with Gasteiger partial charge in [0.25, 0.3) is 0 Å². The molecule has 0 unspecified atom stereocenters. The van der Waals surface area contributed by atoms with Crippen LogP contribution in [0.4, 0.5) is 10.5 Å². The first kappa shape index (κ1) is 17.3. The summed E-state index contributed by atoms with van der Waals surface area (Å²) in [6.07, 6.45) is 2.05. The van der Waals surface area contributed by atoms with Gasteiger partial charge in [-0.1, -0.05) is 44.2 Å². The van der Waals surface area contributed by atoms with Crippen LogP contribution in [0.2, 0.25) is 0 Å². The first-order chi connectivity index (χ1) is 12.0. The first-order valence-electron chi connectivity index (χ1n) is 8.79. The summed E-state index contributed by atoms with van der Waals surface area (Å²) in [6, 6.07) is 16.2. The molecule has 0 fully saturated rings. The highest BCUT2D eigenvalue weighted by Gasteiger charge is 2.25. The van der Waals surface area contributed by atoms with Crippen molar-refractivity contribution in [2.45, 2.75) is 32.1 Å². The number of benzene rings is 2. The van der Waals surface area contributed by atoms with Crippen molar-refractivity contribution >= 4 is 11.7 Å². The minimum absolute atomic E-state index is 0.0197. The van der Waals surface area contributed by atoms with Crippen LogP contribution in [0.3, 0.4) is 0 Å². The van der Waals surface area contributed by atoms with E-state index in [9.17, 15) is 4.79 Å². The number of methoxy groups -OCH3 is 1. The van der Waals surface area contributed by atoms with Gasteiger partial charge in [-0.2, -0.15) is 0 Å². The van der Waals surface area contributed by atoms with Crippen LogP contribution >= 0.6 is 0 Å². The second-order valence-electron chi connectivity index (χ2n) is 7.15. The number of hydrogen-bond donors (Lipinski definition) is 1. The number of amides is 2. The third-order valence-electron chi connectivity index (χ3n) is 4.91. The lowest BCUT2D eigenvalue weighted by atomic mass is 9.84. The number of carbonyl (C=O) groups is 1. The molecule has 0 saturated carbocycles. The van der Waals surface area contributed by atoms with Crippen LogP contribution in [0.15, 0.2) is 48.5 Å². The fraction of sp³-hybridized carbons (Fsp3) is 0.381. The monoisotopic (exact) mass is 338 g/mol. The number of fused-ring (bicyclic) bond motifs is 1. The summed E-state index contributed by atoms with van der Waals surface area (Å²) in [5, 5.41) is 3.12. The average Bonchev–Trinajstić information content (AvgIpc) is 2.65. The maximum atomic E-state index is 12.7. The number of para-hydroxylation sites is 1. The highest BCUT2D eigenvalue weighted by molar-refractivity contribution is 5.93. The van der Waals surface area contributed by atoms with Crippen molar-refractivity contribution in [3.8, 4) is 5.75 Å². The number of urea groups is 1. The Balaban J connectivity index is 1.67. The topological polar surface area (TPSA) is 41.6 Å². The number of aryl methyl sites for hydroxylation is 1. The molecule has 3 rings (SSSR count). The van der Waals surface area contributed by atoms with E-state index in [0.29, 0.717) is 6.54 Å². The van der Waals surface area contributed by atoms with E-state index in [-0.39, 0.29) is 11.4 Å². The number of rotatable bonds is 4. The van der Waals surface area contributed by atoms with Gasteiger partial charge in [-0.25, -0.2) is 4.79 Å². The Labute approximate surface area is 149 Å². The molecule has 0 atom stereocenters. The van der Waals surface area contributed by atoms with Crippen LogP contribution < -0.4 is 15.0 Å². The van der Waals surface area contributed by atoms with Crippen molar-refractivity contribution in [2.75, 3.05) is 25.1 Å². The lowest BCUT2D eigenvalue weighted by Crippen LogP contribution is -2.46. The van der Waals surface area contributed by atoms with Crippen LogP contribution in [0.5, 0.6) is 5.75 Å². The highest BCUT2D eigenvalue weighted by Crippen LogP contribution is 2.28. The van der Waals surface area contributed by atoms with E-state index in [1.807, 2.05) is 35.2 Å². The molecule has 0 aromatic heterocycles. The first-order valence-corrected chi connectivity index (χ1v) is 8.79. The summed E-state index contributed by atoms with van der Waals surface area (Å²) in [5.74, 6) is 0.841. The fourth-order valence-corrected chi connectivity index (χ4v) is 3.28. The molecule has 2 aromatic rings. The van der Waals surface area contributed by atoms with Gasteiger partial charge in [0, 0.05) is 24.2 Å². The molecule has 25 heavy (non-hydrogen) atoms. The number of nitrogens with zero attached hydrogens (tertiary/aromatic N) is 1. The predicted molar refractivity (Wildman–Crippen MR) is 102 cm³/mol. The fourth-order valence-electron chi connectivity index (χ4n) is 3.28. The van der Waals surface area contributed by atoms with Gasteiger partial charge in [0.1, 0.15) is 5.75 Å². The molecular formula is C21H26N2O2. The highest BCUT2D eigenvalue weighted by atomic mass is 16.5. The Morgan fingerprint density at radius 3 is 2.60 bits per heavy atom. The smallest absolute Gasteiger partial charge is 0.321 e. The molecule has 2 aromatic carbocycles. The molecule has 0 bridgehead atoms. The average molecular weight is 338 g/mol. The van der Waals surface area contributed by atoms with Gasteiger partial charge in [0.2, 0.25) is 0 Å². The van der Waals surface area contributed by atoms with Crippen molar-refractivity contribution in [3.63, 3.8) is 0 Å². The molecule has 1 heterocycles. The van der Waals surface area contributed by atoms with E-state index in [1.165, 1.54) is 11.1 Å². The maximum absolute atomic E-state index is 12.7. The van der Waals surface area contributed by atoms with Crippen LogP contribution in [0.25, 0.3) is 0 Å². The normalized spacial score (nSPS) is 14.0. The van der Waals surface area contributed by atoms with Crippen LogP contribution in [0, 0.1) is 0 Å². The summed E-state index contributed by atoms with van der Waals surface area (Å²) in [5.41, 5.74) is 3.30. The van der Waals surface area contributed by atoms with Crippen molar-refractivity contribution in [1.29, 1.82) is 0 Å². The van der Waals surface area contributed by atoms with Gasteiger partial charge < -0.3 is 10.1 Å². The molecule has 0 radical (unpaired) electrons. The summed E-state index contributed by atoms with van der Waals surface area (Å²) in [4.78, 5) is 14.6. The molecule has 0 aliphatic carbocycles. The number of ether oxygens (including phenoxy) is 1. The molecule has 1 N–H and O–H groups in total. The quantitative estimate of drug-likeness (QED) is 0.910. The molecule has 4 nitrogen and oxygen atoms in total. The van der Waals surface area contributed by atoms with Gasteiger partial charge in [0.15, 0.2) is 0 Å². The lowest BCUT2D eigenvalue weighted by molar-refractivity contribution is 0.243. The second kappa shape index (κ2) is 7.18. The number of nitrogens with one attached hydrogen (secondary N) is 1. The maximum Gasteiger partial charge on any atom is 0.321 e. The minimum atomic E-state index is -0.156. The number of anilines is 1. The Kier molecular flexibility index (Phi) is 4.98. The molecular weight excluding hydrogens is 312 g/mol. The van der Waals surface area contributed by atoms with Crippen LogP contribution in [-0.4, -0.2) is 26.2 Å². The molecule has 2 amide bonds. The molecule has 4 heteroatoms. The van der Waals surface area contributed by atoms with E-state index in [0.717, 1.165) is 30.8 Å². The molecule has 0 spiro atoms. The van der Waals surface area contributed by atoms with Crippen molar-refractivity contribution in [1.82, 2.24) is 5.32 Å². The predicted octanol–water partition coefficient (Wildman–Crippen LogP) is 4.14. The van der Waals surface area contributed by atoms with E-state index < -0.39 is 0 Å². The Morgan fingerprint density at radius 2 is 1.88 bits per heavy atom. The van der Waals surface area contributed by atoms with Crippen molar-refractivity contribution in [2.24, 2.45) is 0 Å². The zero-order valence-corrected chi connectivity index (χ0v) is 15.2. The summed E-state index contributed by atoms with van der Waals surface area (Å²) in [6.45, 7) is 5.63. The van der Waals surface area contributed by atoms with Gasteiger partial charge in [-0.05, 0) is 42.2 Å². The largest absolute Gasteiger partial charge is 0.497 e. The minimum Gasteiger partial charge on any atom is -0.497 e. The molecule has 1 aliphatic rings. The Hall–Kier alpha value is -2.49. The number of carbonyl (C=O) groups excluding carboxylic acids is 1. The zero-order chi connectivity index (χ0) is 17.9. The Bertz CT molecular complexity index is 738. The lowest BCUT2D eigenvalue weighted by Gasteiger charge is -2.32. The van der Waals surface area contributed by atoms with Crippen molar-refractivity contribution in [3.05, 3.63) is 59.7 Å². The van der Waals surface area contributed by atoms with Gasteiger partial charge in [-0.3, -0.25) is 4.90 Å². The van der Waals surface area contributed by atoms with E-state index in [1.54, 1.807) is 7.11 Å². The summed E-state index contributed by atoms with van der Waals surface area (Å²) in [7, 11) is 1.66. The molecule has 132 valence electrons. The van der Waals surface area contributed by atoms with Crippen LogP contribution in [-0.2, 0) is 11.8 Å². The standard InChI is InChI=1S/C21H26N2O2/c1-21(2,17-10-12-18(25-3)13-11-17)15-22-20(24)23-14-6-8-16-7-4-5-9-19(16)23/h4-5,7,9-13H,6,8,14-15H2,1-3H3,(H,22,24). The number of hydrogen-bond acceptors (Lipinski definition) is 2. The van der Waals surface area contributed by atoms with Crippen molar-refractivity contribution < 1.29 is 9.53 Å².